The average Bonchev–Trinajstić information content (AvgIpc) is 2.33. The second kappa shape index (κ2) is 7.60. The van der Waals surface area contributed by atoms with Crippen LogP contribution < -0.4 is 11.1 Å². The van der Waals surface area contributed by atoms with Gasteiger partial charge in [-0.2, -0.15) is 0 Å². The summed E-state index contributed by atoms with van der Waals surface area (Å²) < 4.78 is 4.96. The zero-order valence-electron chi connectivity index (χ0n) is 10.8. The minimum absolute atomic E-state index is 0.121. The SMILES string of the molecule is COC(CN)C(=O)NCCN1CCN(C)CC1. The minimum atomic E-state index is -0.525. The van der Waals surface area contributed by atoms with Gasteiger partial charge < -0.3 is 20.7 Å². The number of carbonyl (C=O) groups excluding carboxylic acids is 1. The summed E-state index contributed by atoms with van der Waals surface area (Å²) in [5.41, 5.74) is 5.41. The van der Waals surface area contributed by atoms with Gasteiger partial charge in [0.25, 0.3) is 0 Å². The lowest BCUT2D eigenvalue weighted by atomic mass is 10.3. The molecule has 0 aromatic carbocycles. The van der Waals surface area contributed by atoms with Crippen LogP contribution in [-0.2, 0) is 9.53 Å². The van der Waals surface area contributed by atoms with Crippen LogP contribution in [0.3, 0.4) is 0 Å². The molecule has 0 spiro atoms. The van der Waals surface area contributed by atoms with E-state index in [4.69, 9.17) is 10.5 Å². The Labute approximate surface area is 103 Å². The van der Waals surface area contributed by atoms with E-state index in [0.717, 1.165) is 32.7 Å². The predicted molar refractivity (Wildman–Crippen MR) is 66.8 cm³/mol. The number of piperazine rings is 1. The number of amides is 1. The van der Waals surface area contributed by atoms with Crippen molar-refractivity contribution in [2.24, 2.45) is 5.73 Å². The van der Waals surface area contributed by atoms with Gasteiger partial charge >= 0.3 is 0 Å². The molecule has 0 aliphatic carbocycles. The van der Waals surface area contributed by atoms with Gasteiger partial charge in [0.05, 0.1) is 0 Å². The van der Waals surface area contributed by atoms with Crippen LogP contribution in [0.4, 0.5) is 0 Å². The van der Waals surface area contributed by atoms with E-state index in [1.165, 1.54) is 7.11 Å². The van der Waals surface area contributed by atoms with E-state index in [9.17, 15) is 4.79 Å². The Kier molecular flexibility index (Phi) is 6.43. The molecule has 1 unspecified atom stereocenters. The van der Waals surface area contributed by atoms with Crippen molar-refractivity contribution < 1.29 is 9.53 Å². The summed E-state index contributed by atoms with van der Waals surface area (Å²) in [7, 11) is 3.63. The first-order valence-corrected chi connectivity index (χ1v) is 6.09. The molecule has 1 aliphatic rings. The highest BCUT2D eigenvalue weighted by atomic mass is 16.5. The average molecular weight is 244 g/mol. The topological polar surface area (TPSA) is 70.8 Å². The van der Waals surface area contributed by atoms with Crippen molar-refractivity contribution in [1.82, 2.24) is 15.1 Å². The molecule has 0 aromatic heterocycles. The molecule has 0 aromatic rings. The number of carbonyl (C=O) groups is 1. The summed E-state index contributed by atoms with van der Waals surface area (Å²) >= 11 is 0. The Morgan fingerprint density at radius 1 is 1.41 bits per heavy atom. The summed E-state index contributed by atoms with van der Waals surface area (Å²) in [6.07, 6.45) is -0.525. The molecule has 6 heteroatoms. The van der Waals surface area contributed by atoms with Crippen LogP contribution in [0.1, 0.15) is 0 Å². The third-order valence-corrected chi connectivity index (χ3v) is 3.11. The first-order valence-electron chi connectivity index (χ1n) is 6.09. The summed E-state index contributed by atoms with van der Waals surface area (Å²) in [5.74, 6) is -0.121. The number of nitrogens with zero attached hydrogens (tertiary/aromatic N) is 2. The Hall–Kier alpha value is -0.690. The molecule has 17 heavy (non-hydrogen) atoms. The Morgan fingerprint density at radius 2 is 2.06 bits per heavy atom. The molecule has 6 nitrogen and oxygen atoms in total. The highest BCUT2D eigenvalue weighted by Gasteiger charge is 2.16. The predicted octanol–water partition coefficient (Wildman–Crippen LogP) is -1.68. The summed E-state index contributed by atoms with van der Waals surface area (Å²) in [6, 6.07) is 0. The van der Waals surface area contributed by atoms with E-state index in [1.807, 2.05) is 0 Å². The van der Waals surface area contributed by atoms with Crippen molar-refractivity contribution in [3.8, 4) is 0 Å². The van der Waals surface area contributed by atoms with Gasteiger partial charge in [0.1, 0.15) is 6.10 Å². The smallest absolute Gasteiger partial charge is 0.250 e. The fraction of sp³-hybridized carbons (Fsp3) is 0.909. The quantitative estimate of drug-likeness (QED) is 0.584. The number of nitrogens with one attached hydrogen (secondary N) is 1. The van der Waals surface area contributed by atoms with E-state index < -0.39 is 6.10 Å². The van der Waals surface area contributed by atoms with Crippen molar-refractivity contribution in [2.75, 3.05) is 60.0 Å². The van der Waals surface area contributed by atoms with Gasteiger partial charge in [-0.05, 0) is 7.05 Å². The monoisotopic (exact) mass is 244 g/mol. The molecule has 0 radical (unpaired) electrons. The van der Waals surface area contributed by atoms with Crippen LogP contribution in [0.25, 0.3) is 0 Å². The van der Waals surface area contributed by atoms with E-state index in [0.29, 0.717) is 6.54 Å². The lowest BCUT2D eigenvalue weighted by Crippen LogP contribution is -2.48. The van der Waals surface area contributed by atoms with Crippen molar-refractivity contribution >= 4 is 5.91 Å². The number of hydrogen-bond donors (Lipinski definition) is 2. The third-order valence-electron chi connectivity index (χ3n) is 3.11. The van der Waals surface area contributed by atoms with Crippen LogP contribution in [0, 0.1) is 0 Å². The number of rotatable bonds is 6. The maximum atomic E-state index is 11.6. The largest absolute Gasteiger partial charge is 0.370 e. The molecule has 1 fully saturated rings. The molecule has 1 heterocycles. The normalized spacial score (nSPS) is 20.2. The van der Waals surface area contributed by atoms with Crippen LogP contribution >= 0.6 is 0 Å². The van der Waals surface area contributed by atoms with Gasteiger partial charge in [-0.25, -0.2) is 0 Å². The zero-order valence-corrected chi connectivity index (χ0v) is 10.8. The fourth-order valence-electron chi connectivity index (χ4n) is 1.83. The number of methoxy groups -OCH3 is 1. The molecule has 3 N–H and O–H groups in total. The van der Waals surface area contributed by atoms with Crippen LogP contribution in [-0.4, -0.2) is 81.8 Å². The first kappa shape index (κ1) is 14.4. The molecule has 1 atom stereocenters. The van der Waals surface area contributed by atoms with Crippen LogP contribution in [0.2, 0.25) is 0 Å². The highest BCUT2D eigenvalue weighted by Crippen LogP contribution is 1.97. The molecule has 1 amide bonds. The van der Waals surface area contributed by atoms with Gasteiger partial charge in [-0.1, -0.05) is 0 Å². The van der Waals surface area contributed by atoms with E-state index in [1.54, 1.807) is 0 Å². The second-order valence-corrected chi connectivity index (χ2v) is 4.40. The van der Waals surface area contributed by atoms with Crippen LogP contribution in [0.15, 0.2) is 0 Å². The first-order chi connectivity index (χ1) is 8.17. The fourth-order valence-corrected chi connectivity index (χ4v) is 1.83. The molecule has 100 valence electrons. The van der Waals surface area contributed by atoms with E-state index >= 15 is 0 Å². The van der Waals surface area contributed by atoms with Gasteiger partial charge in [0, 0.05) is 52.9 Å². The summed E-state index contributed by atoms with van der Waals surface area (Å²) in [6.45, 7) is 6.09. The maximum absolute atomic E-state index is 11.6. The van der Waals surface area contributed by atoms with Gasteiger partial charge in [0.2, 0.25) is 5.91 Å². The molecule has 0 saturated carbocycles. The molecular weight excluding hydrogens is 220 g/mol. The number of likely N-dealkylation sites (N-methyl/N-ethyl adjacent to an activating group) is 1. The number of nitrogens with two attached hydrogens (primary N) is 1. The standard InChI is InChI=1S/C11H24N4O2/c1-14-5-7-15(8-6-14)4-3-13-11(16)10(9-12)17-2/h10H,3-9,12H2,1-2H3,(H,13,16). The molecule has 1 saturated heterocycles. The van der Waals surface area contributed by atoms with Crippen molar-refractivity contribution in [2.45, 2.75) is 6.10 Å². The van der Waals surface area contributed by atoms with Crippen molar-refractivity contribution in [3.63, 3.8) is 0 Å². The number of hydrogen-bond acceptors (Lipinski definition) is 5. The Bertz CT molecular complexity index is 226. The lowest BCUT2D eigenvalue weighted by Gasteiger charge is -2.32. The van der Waals surface area contributed by atoms with E-state index in [2.05, 4.69) is 22.2 Å². The summed E-state index contributed by atoms with van der Waals surface area (Å²) in [4.78, 5) is 16.2. The van der Waals surface area contributed by atoms with Gasteiger partial charge in [0.15, 0.2) is 0 Å². The van der Waals surface area contributed by atoms with Crippen LogP contribution in [0.5, 0.6) is 0 Å². The lowest BCUT2D eigenvalue weighted by molar-refractivity contribution is -0.130. The minimum Gasteiger partial charge on any atom is -0.370 e. The third kappa shape index (κ3) is 4.99. The van der Waals surface area contributed by atoms with E-state index in [-0.39, 0.29) is 12.5 Å². The molecular formula is C11H24N4O2. The molecule has 1 rings (SSSR count). The second-order valence-electron chi connectivity index (χ2n) is 4.40. The Morgan fingerprint density at radius 3 is 2.59 bits per heavy atom. The maximum Gasteiger partial charge on any atom is 0.250 e. The molecule has 0 bridgehead atoms. The van der Waals surface area contributed by atoms with Gasteiger partial charge in [-0.15, -0.1) is 0 Å². The van der Waals surface area contributed by atoms with Crippen molar-refractivity contribution in [3.05, 3.63) is 0 Å². The molecule has 1 aliphatic heterocycles. The Balaban J connectivity index is 2.13. The van der Waals surface area contributed by atoms with Gasteiger partial charge in [-0.3, -0.25) is 9.69 Å². The number of ether oxygens (including phenoxy) is 1. The highest BCUT2D eigenvalue weighted by molar-refractivity contribution is 5.80. The zero-order chi connectivity index (χ0) is 12.7. The summed E-state index contributed by atoms with van der Waals surface area (Å²) in [5, 5.41) is 2.84. The van der Waals surface area contributed by atoms with Crippen molar-refractivity contribution in [1.29, 1.82) is 0 Å².